The van der Waals surface area contributed by atoms with Gasteiger partial charge in [-0.15, -0.1) is 0 Å². The number of amides is 1. The molecule has 0 atom stereocenters. The molecule has 1 amide bonds. The van der Waals surface area contributed by atoms with Crippen molar-refractivity contribution in [1.29, 1.82) is 0 Å². The van der Waals surface area contributed by atoms with Gasteiger partial charge in [-0.3, -0.25) is 4.79 Å². The number of hydrogen-bond donors (Lipinski definition) is 2. The highest BCUT2D eigenvalue weighted by Crippen LogP contribution is 2.16. The molecule has 136 valence electrons. The van der Waals surface area contributed by atoms with Crippen molar-refractivity contribution in [1.82, 2.24) is 0 Å². The van der Waals surface area contributed by atoms with Gasteiger partial charge in [0.05, 0.1) is 12.2 Å². The summed E-state index contributed by atoms with van der Waals surface area (Å²) in [4.78, 5) is 35.4. The number of esters is 2. The molecule has 2 N–H and O–H groups in total. The van der Waals surface area contributed by atoms with Crippen LogP contribution in [0.15, 0.2) is 48.5 Å². The summed E-state index contributed by atoms with van der Waals surface area (Å²) in [6, 6.07) is 12.0. The monoisotopic (exact) mass is 357 g/mol. The number of nitrogens with one attached hydrogen (secondary N) is 1. The van der Waals surface area contributed by atoms with Crippen LogP contribution in [0.4, 0.5) is 5.69 Å². The zero-order chi connectivity index (χ0) is 18.9. The molecule has 0 heterocycles. The number of phenols is 1. The molecule has 0 aliphatic carbocycles. The lowest BCUT2D eigenvalue weighted by atomic mass is 10.2. The molecule has 0 fully saturated rings. The Hall–Kier alpha value is -3.35. The van der Waals surface area contributed by atoms with Gasteiger partial charge in [0.25, 0.3) is 5.91 Å². The van der Waals surface area contributed by atoms with Gasteiger partial charge >= 0.3 is 11.9 Å². The first-order valence-electron chi connectivity index (χ1n) is 8.03. The Morgan fingerprint density at radius 1 is 0.962 bits per heavy atom. The molecule has 2 rings (SSSR count). The molecular formula is C19H19NO6. The molecule has 0 aliphatic heterocycles. The number of benzene rings is 2. The zero-order valence-electron chi connectivity index (χ0n) is 14.2. The molecule has 26 heavy (non-hydrogen) atoms. The minimum Gasteiger partial charge on any atom is -0.507 e. The molecule has 0 aliphatic rings. The highest BCUT2D eigenvalue weighted by molar-refractivity contribution is 5.97. The Bertz CT molecular complexity index is 785. The molecule has 0 unspecified atom stereocenters. The van der Waals surface area contributed by atoms with Crippen LogP contribution in [0.25, 0.3) is 0 Å². The second kappa shape index (κ2) is 9.22. The summed E-state index contributed by atoms with van der Waals surface area (Å²) in [7, 11) is 0. The molecule has 7 nitrogen and oxygen atoms in total. The molecule has 0 bridgehead atoms. The smallest absolute Gasteiger partial charge is 0.342 e. The second-order valence-corrected chi connectivity index (χ2v) is 5.35. The van der Waals surface area contributed by atoms with Crippen molar-refractivity contribution in [3.63, 3.8) is 0 Å². The Balaban J connectivity index is 1.85. The Morgan fingerprint density at radius 2 is 1.65 bits per heavy atom. The third-order valence-corrected chi connectivity index (χ3v) is 3.30. The van der Waals surface area contributed by atoms with E-state index in [0.717, 1.165) is 6.42 Å². The van der Waals surface area contributed by atoms with E-state index in [-0.39, 0.29) is 11.3 Å². The standard InChI is InChI=1S/C19H19NO6/c1-2-11-25-18(23)13-7-9-14(10-8-13)20-17(22)12-26-19(24)15-5-3-4-6-16(15)21/h3-10,21H,2,11-12H2,1H3,(H,20,22). The van der Waals surface area contributed by atoms with Gasteiger partial charge in [0.2, 0.25) is 0 Å². The fourth-order valence-corrected chi connectivity index (χ4v) is 2.02. The predicted molar refractivity (Wildman–Crippen MR) is 94.0 cm³/mol. The first-order valence-corrected chi connectivity index (χ1v) is 8.03. The highest BCUT2D eigenvalue weighted by Gasteiger charge is 2.14. The van der Waals surface area contributed by atoms with Crippen LogP contribution >= 0.6 is 0 Å². The molecule has 7 heteroatoms. The van der Waals surface area contributed by atoms with Crippen molar-refractivity contribution in [2.75, 3.05) is 18.5 Å². The number of aromatic hydroxyl groups is 1. The van der Waals surface area contributed by atoms with Crippen molar-refractivity contribution in [2.24, 2.45) is 0 Å². The number of carbonyl (C=O) groups is 3. The molecule has 2 aromatic rings. The third-order valence-electron chi connectivity index (χ3n) is 3.30. The number of hydrogen-bond acceptors (Lipinski definition) is 6. The zero-order valence-corrected chi connectivity index (χ0v) is 14.2. The fourth-order valence-electron chi connectivity index (χ4n) is 2.02. The first-order chi connectivity index (χ1) is 12.5. The summed E-state index contributed by atoms with van der Waals surface area (Å²) < 4.78 is 9.87. The van der Waals surface area contributed by atoms with Crippen LogP contribution < -0.4 is 5.32 Å². The average molecular weight is 357 g/mol. The normalized spacial score (nSPS) is 10.0. The maximum atomic E-state index is 11.9. The predicted octanol–water partition coefficient (Wildman–Crippen LogP) is 2.75. The summed E-state index contributed by atoms with van der Waals surface area (Å²) in [5.74, 6) is -1.99. The number of phenolic OH excluding ortho intramolecular Hbond substituents is 1. The minimum atomic E-state index is -0.799. The number of carbonyl (C=O) groups excluding carboxylic acids is 3. The lowest BCUT2D eigenvalue weighted by Gasteiger charge is -2.08. The van der Waals surface area contributed by atoms with Crippen LogP contribution in [0.5, 0.6) is 5.75 Å². The summed E-state index contributed by atoms with van der Waals surface area (Å²) in [6.45, 7) is 1.74. The number of rotatable bonds is 7. The molecule has 0 saturated heterocycles. The van der Waals surface area contributed by atoms with E-state index in [4.69, 9.17) is 9.47 Å². The third kappa shape index (κ3) is 5.34. The Labute approximate surface area is 150 Å². The summed E-state index contributed by atoms with van der Waals surface area (Å²) >= 11 is 0. The van der Waals surface area contributed by atoms with E-state index in [9.17, 15) is 19.5 Å². The summed E-state index contributed by atoms with van der Waals surface area (Å²) in [5.41, 5.74) is 0.804. The summed E-state index contributed by atoms with van der Waals surface area (Å²) in [6.07, 6.45) is 0.735. The lowest BCUT2D eigenvalue weighted by Crippen LogP contribution is -2.21. The Kier molecular flexibility index (Phi) is 6.73. The number of para-hydroxylation sites is 1. The average Bonchev–Trinajstić information content (AvgIpc) is 2.65. The largest absolute Gasteiger partial charge is 0.507 e. The Morgan fingerprint density at radius 3 is 2.31 bits per heavy atom. The minimum absolute atomic E-state index is 0.0183. The van der Waals surface area contributed by atoms with Crippen molar-refractivity contribution < 1.29 is 29.0 Å². The van der Waals surface area contributed by atoms with Crippen molar-refractivity contribution in [3.8, 4) is 5.75 Å². The van der Waals surface area contributed by atoms with Gasteiger partial charge in [-0.05, 0) is 42.8 Å². The highest BCUT2D eigenvalue weighted by atomic mass is 16.5. The topological polar surface area (TPSA) is 102 Å². The molecule has 0 aromatic heterocycles. The van der Waals surface area contributed by atoms with E-state index in [0.29, 0.717) is 17.9 Å². The lowest BCUT2D eigenvalue weighted by molar-refractivity contribution is -0.119. The van der Waals surface area contributed by atoms with Gasteiger partial charge in [0, 0.05) is 5.69 Å². The molecule has 0 saturated carbocycles. The van der Waals surface area contributed by atoms with Crippen molar-refractivity contribution in [3.05, 3.63) is 59.7 Å². The van der Waals surface area contributed by atoms with E-state index in [1.165, 1.54) is 24.3 Å². The second-order valence-electron chi connectivity index (χ2n) is 5.35. The van der Waals surface area contributed by atoms with Crippen molar-refractivity contribution >= 4 is 23.5 Å². The van der Waals surface area contributed by atoms with E-state index >= 15 is 0 Å². The van der Waals surface area contributed by atoms with Crippen LogP contribution in [-0.4, -0.2) is 36.2 Å². The first kappa shape index (κ1) is 19.0. The molecule has 0 radical (unpaired) electrons. The number of ether oxygens (including phenoxy) is 2. The summed E-state index contributed by atoms with van der Waals surface area (Å²) in [5, 5.41) is 12.1. The van der Waals surface area contributed by atoms with Gasteiger partial charge in [-0.1, -0.05) is 19.1 Å². The quantitative estimate of drug-likeness (QED) is 0.739. The van der Waals surface area contributed by atoms with Gasteiger partial charge in [0.15, 0.2) is 6.61 Å². The van der Waals surface area contributed by atoms with Crippen LogP contribution in [-0.2, 0) is 14.3 Å². The van der Waals surface area contributed by atoms with E-state index in [2.05, 4.69) is 5.32 Å². The van der Waals surface area contributed by atoms with E-state index in [1.807, 2.05) is 6.92 Å². The van der Waals surface area contributed by atoms with Crippen LogP contribution in [0.3, 0.4) is 0 Å². The van der Waals surface area contributed by atoms with Crippen LogP contribution in [0.2, 0.25) is 0 Å². The molecule has 2 aromatic carbocycles. The maximum Gasteiger partial charge on any atom is 0.342 e. The van der Waals surface area contributed by atoms with Crippen LogP contribution in [0, 0.1) is 0 Å². The fraction of sp³-hybridized carbons (Fsp3) is 0.211. The maximum absolute atomic E-state index is 11.9. The van der Waals surface area contributed by atoms with Gasteiger partial charge in [-0.2, -0.15) is 0 Å². The van der Waals surface area contributed by atoms with E-state index < -0.39 is 24.5 Å². The van der Waals surface area contributed by atoms with E-state index in [1.54, 1.807) is 24.3 Å². The SMILES string of the molecule is CCCOC(=O)c1ccc(NC(=O)COC(=O)c2ccccc2O)cc1. The van der Waals surface area contributed by atoms with Crippen molar-refractivity contribution in [2.45, 2.75) is 13.3 Å². The van der Waals surface area contributed by atoms with Crippen LogP contribution in [0.1, 0.15) is 34.1 Å². The molecular weight excluding hydrogens is 338 g/mol. The van der Waals surface area contributed by atoms with Gasteiger partial charge in [0.1, 0.15) is 11.3 Å². The van der Waals surface area contributed by atoms with Gasteiger partial charge in [-0.25, -0.2) is 9.59 Å². The number of anilines is 1. The molecule has 0 spiro atoms. The van der Waals surface area contributed by atoms with Gasteiger partial charge < -0.3 is 19.9 Å².